The Morgan fingerprint density at radius 3 is 1.64 bits per heavy atom. The maximum absolute atomic E-state index is 12.0. The Bertz CT molecular complexity index is 1480. The zero-order chi connectivity index (χ0) is 26.2. The lowest BCUT2D eigenvalue weighted by Crippen LogP contribution is -2.14. The van der Waals surface area contributed by atoms with Gasteiger partial charge >= 0.3 is 0 Å². The van der Waals surface area contributed by atoms with Crippen molar-refractivity contribution in [2.45, 2.75) is 9.79 Å². The van der Waals surface area contributed by atoms with Gasteiger partial charge in [-0.3, -0.25) is 14.2 Å². The van der Waals surface area contributed by atoms with Gasteiger partial charge in [0.15, 0.2) is 10.3 Å². The number of nitrogen functional groups attached to an aromatic ring is 1. The smallest absolute Gasteiger partial charge is 0.263 e. The van der Waals surface area contributed by atoms with E-state index in [1.54, 1.807) is 10.8 Å². The second-order valence-electron chi connectivity index (χ2n) is 6.66. The highest BCUT2D eigenvalue weighted by Gasteiger charge is 2.16. The van der Waals surface area contributed by atoms with E-state index in [1.165, 1.54) is 83.6 Å². The highest BCUT2D eigenvalue weighted by atomic mass is 35.5. The molecule has 0 radical (unpaired) electrons. The fourth-order valence-corrected chi connectivity index (χ4v) is 6.10. The number of rotatable bonds is 8. The molecule has 36 heavy (non-hydrogen) atoms. The van der Waals surface area contributed by atoms with Crippen LogP contribution in [0, 0.1) is 0 Å². The molecule has 2 heterocycles. The lowest BCUT2D eigenvalue weighted by atomic mass is 10.3. The zero-order valence-electron chi connectivity index (χ0n) is 18.2. The van der Waals surface area contributed by atoms with Crippen LogP contribution in [0.4, 0.5) is 21.6 Å². The van der Waals surface area contributed by atoms with Crippen LogP contribution < -0.4 is 20.5 Å². The zero-order valence-corrected chi connectivity index (χ0v) is 22.2. The summed E-state index contributed by atoms with van der Waals surface area (Å²) in [7, 11) is -7.23. The van der Waals surface area contributed by atoms with E-state index in [0.717, 1.165) is 0 Å². The summed E-state index contributed by atoms with van der Waals surface area (Å²) in [6.07, 6.45) is 3.04. The number of benzene rings is 2. The van der Waals surface area contributed by atoms with Crippen LogP contribution in [0.3, 0.4) is 0 Å². The van der Waals surface area contributed by atoms with Crippen LogP contribution in [0.5, 0.6) is 0 Å². The van der Waals surface area contributed by atoms with Gasteiger partial charge < -0.3 is 11.1 Å². The molecule has 4 aromatic rings. The van der Waals surface area contributed by atoms with E-state index in [1.807, 2.05) is 0 Å². The van der Waals surface area contributed by atoms with E-state index >= 15 is 0 Å². The van der Waals surface area contributed by atoms with E-state index in [4.69, 9.17) is 17.3 Å². The van der Waals surface area contributed by atoms with Crippen molar-refractivity contribution in [3.05, 3.63) is 71.7 Å². The Morgan fingerprint density at radius 1 is 0.806 bits per heavy atom. The van der Waals surface area contributed by atoms with Crippen molar-refractivity contribution >= 4 is 81.9 Å². The van der Waals surface area contributed by atoms with Crippen LogP contribution in [0.1, 0.15) is 0 Å². The fourth-order valence-electron chi connectivity index (χ4n) is 2.45. The van der Waals surface area contributed by atoms with E-state index in [0.29, 0.717) is 21.6 Å². The molecule has 0 unspecified atom stereocenters. The van der Waals surface area contributed by atoms with Gasteiger partial charge in [0.25, 0.3) is 20.0 Å². The molecule has 2 aromatic carbocycles. The van der Waals surface area contributed by atoms with Gasteiger partial charge in [0.2, 0.25) is 5.91 Å². The van der Waals surface area contributed by atoms with Crippen molar-refractivity contribution in [3.8, 4) is 0 Å². The minimum atomic E-state index is -3.67. The third kappa shape index (κ3) is 7.89. The van der Waals surface area contributed by atoms with Crippen LogP contribution in [0.2, 0.25) is 0 Å². The molecule has 0 saturated carbocycles. The molecule has 0 saturated heterocycles. The van der Waals surface area contributed by atoms with Crippen LogP contribution in [-0.4, -0.2) is 38.6 Å². The van der Waals surface area contributed by atoms with Crippen molar-refractivity contribution in [1.82, 2.24) is 9.97 Å². The Hall–Kier alpha value is -3.24. The first-order chi connectivity index (χ1) is 17.1. The molecule has 5 N–H and O–H groups in total. The highest BCUT2D eigenvalue weighted by Crippen LogP contribution is 2.20. The Morgan fingerprint density at radius 2 is 1.25 bits per heavy atom. The second kappa shape index (κ2) is 12.1. The van der Waals surface area contributed by atoms with Gasteiger partial charge in [0.05, 0.1) is 9.79 Å². The van der Waals surface area contributed by atoms with E-state index in [-0.39, 0.29) is 21.6 Å². The first-order valence-electron chi connectivity index (χ1n) is 9.75. The standard InChI is InChI=1S/C11H10ClN3O3S2.C9H9N3O2S2/c12-7-10(16)14-8-1-3-9(4-2-8)20(17,18)15-11-13-5-6-19-11;10-7-1-3-8(4-2-7)16(13,14)12-9-11-5-6-15-9/h1-6H,7H2,(H,13,15)(H,14,16);1-6H,10H2,(H,11,12). The number of aromatic nitrogens is 2. The molecule has 16 heteroatoms. The number of carbonyl (C=O) groups excluding carboxylic acids is 1. The van der Waals surface area contributed by atoms with Crippen molar-refractivity contribution in [2.24, 2.45) is 0 Å². The van der Waals surface area contributed by atoms with Crippen LogP contribution in [0.25, 0.3) is 0 Å². The maximum Gasteiger partial charge on any atom is 0.263 e. The number of nitrogens with zero attached hydrogens (tertiary/aromatic N) is 2. The molecule has 0 aliphatic rings. The SMILES string of the molecule is Nc1ccc(S(=O)(=O)Nc2nccs2)cc1.O=C(CCl)Nc1ccc(S(=O)(=O)Nc2nccs2)cc1. The first kappa shape index (κ1) is 27.3. The number of halogens is 1. The molecule has 0 bridgehead atoms. The molecular weight excluding hydrogens is 568 g/mol. The van der Waals surface area contributed by atoms with E-state index < -0.39 is 20.0 Å². The van der Waals surface area contributed by atoms with Crippen molar-refractivity contribution in [3.63, 3.8) is 0 Å². The topological polar surface area (TPSA) is 173 Å². The van der Waals surface area contributed by atoms with Gasteiger partial charge in [0.1, 0.15) is 5.88 Å². The summed E-state index contributed by atoms with van der Waals surface area (Å²) in [4.78, 5) is 19.0. The fraction of sp³-hybridized carbons (Fsp3) is 0.0500. The minimum absolute atomic E-state index is 0.0802. The highest BCUT2D eigenvalue weighted by molar-refractivity contribution is 7.93. The molecule has 11 nitrogen and oxygen atoms in total. The van der Waals surface area contributed by atoms with Gasteiger partial charge in [-0.25, -0.2) is 26.8 Å². The minimum Gasteiger partial charge on any atom is -0.399 e. The lowest BCUT2D eigenvalue weighted by Gasteiger charge is -2.07. The average Bonchev–Trinajstić information content (AvgIpc) is 3.54. The summed E-state index contributed by atoms with van der Waals surface area (Å²) in [5.41, 5.74) is 6.48. The number of nitrogens with two attached hydrogens (primary N) is 1. The van der Waals surface area contributed by atoms with Gasteiger partial charge in [-0.1, -0.05) is 0 Å². The molecule has 0 spiro atoms. The molecule has 2 aromatic heterocycles. The largest absolute Gasteiger partial charge is 0.399 e. The number of carbonyl (C=O) groups is 1. The lowest BCUT2D eigenvalue weighted by molar-refractivity contribution is -0.113. The monoisotopic (exact) mass is 586 g/mol. The molecule has 0 atom stereocenters. The number of thiazole rings is 2. The van der Waals surface area contributed by atoms with Crippen molar-refractivity contribution in [2.75, 3.05) is 26.4 Å². The Balaban J connectivity index is 0.000000205. The molecule has 0 aliphatic heterocycles. The number of hydrogen-bond acceptors (Lipinski definition) is 10. The number of amides is 1. The molecular formula is C20H19ClN6O5S4. The normalized spacial score (nSPS) is 11.1. The number of hydrogen-bond donors (Lipinski definition) is 4. The number of nitrogens with one attached hydrogen (secondary N) is 3. The van der Waals surface area contributed by atoms with E-state index in [9.17, 15) is 21.6 Å². The summed E-state index contributed by atoms with van der Waals surface area (Å²) >= 11 is 7.77. The van der Waals surface area contributed by atoms with Gasteiger partial charge in [-0.2, -0.15) is 0 Å². The molecule has 4 rings (SSSR count). The Kier molecular flexibility index (Phi) is 9.22. The first-order valence-corrected chi connectivity index (χ1v) is 15.0. The Labute approximate surface area is 220 Å². The van der Waals surface area contributed by atoms with Crippen LogP contribution in [0.15, 0.2) is 81.5 Å². The van der Waals surface area contributed by atoms with Gasteiger partial charge in [-0.15, -0.1) is 34.3 Å². The predicted molar refractivity (Wildman–Crippen MR) is 142 cm³/mol. The van der Waals surface area contributed by atoms with E-state index in [2.05, 4.69) is 24.7 Å². The summed E-state index contributed by atoms with van der Waals surface area (Å²) in [5, 5.41) is 6.52. The number of alkyl halides is 1. The molecule has 0 aliphatic carbocycles. The third-order valence-electron chi connectivity index (χ3n) is 4.07. The molecule has 1 amide bonds. The van der Waals surface area contributed by atoms with Crippen molar-refractivity contribution in [1.29, 1.82) is 0 Å². The third-order valence-corrected chi connectivity index (χ3v) is 8.66. The van der Waals surface area contributed by atoms with Crippen LogP contribution in [-0.2, 0) is 24.8 Å². The maximum atomic E-state index is 12.0. The quantitative estimate of drug-likeness (QED) is 0.179. The summed E-state index contributed by atoms with van der Waals surface area (Å²) < 4.78 is 52.5. The average molecular weight is 587 g/mol. The summed E-state index contributed by atoms with van der Waals surface area (Å²) in [5.74, 6) is -0.519. The molecule has 190 valence electrons. The summed E-state index contributed by atoms with van der Waals surface area (Å²) in [6.45, 7) is 0. The molecule has 0 fully saturated rings. The predicted octanol–water partition coefficient (Wildman–Crippen LogP) is 3.65. The van der Waals surface area contributed by atoms with Crippen molar-refractivity contribution < 1.29 is 21.6 Å². The number of sulfonamides is 2. The van der Waals surface area contributed by atoms with Crippen LogP contribution >= 0.6 is 34.3 Å². The van der Waals surface area contributed by atoms with Gasteiger partial charge in [0, 0.05) is 34.5 Å². The second-order valence-corrected chi connectivity index (χ2v) is 12.1. The van der Waals surface area contributed by atoms with Gasteiger partial charge in [-0.05, 0) is 48.5 Å². The summed E-state index contributed by atoms with van der Waals surface area (Å²) in [6, 6.07) is 11.7. The number of anilines is 4.